The molecular formula is C25H28NO4+. The van der Waals surface area contributed by atoms with E-state index in [1.165, 1.54) is 16.7 Å². The van der Waals surface area contributed by atoms with E-state index in [4.69, 9.17) is 18.9 Å². The van der Waals surface area contributed by atoms with Gasteiger partial charge >= 0.3 is 0 Å². The predicted molar refractivity (Wildman–Crippen MR) is 116 cm³/mol. The molecular weight excluding hydrogens is 378 g/mol. The fraction of sp³-hybridized carbons (Fsp3) is 0.280. The summed E-state index contributed by atoms with van der Waals surface area (Å²) < 4.78 is 21.6. The molecule has 1 aliphatic rings. The quantitative estimate of drug-likeness (QED) is 0.551. The van der Waals surface area contributed by atoms with Gasteiger partial charge in [-0.15, -0.1) is 0 Å². The Kier molecular flexibility index (Phi) is 6.40. The van der Waals surface area contributed by atoms with E-state index in [-0.39, 0.29) is 5.92 Å². The van der Waals surface area contributed by atoms with Crippen molar-refractivity contribution in [1.82, 2.24) is 0 Å². The normalized spacial score (nSPS) is 13.1. The maximum absolute atomic E-state index is 5.60. The van der Waals surface area contributed by atoms with Gasteiger partial charge in [-0.3, -0.25) is 0 Å². The van der Waals surface area contributed by atoms with Crippen molar-refractivity contribution < 1.29 is 24.3 Å². The predicted octanol–water partition coefficient (Wildman–Crippen LogP) is 3.72. The lowest BCUT2D eigenvalue weighted by atomic mass is 9.88. The summed E-state index contributed by atoms with van der Waals surface area (Å²) in [5.41, 5.74) is 3.80. The molecule has 0 aromatic heterocycles. The standard InChI is InChI=1S/C25H27NO4/c1-27-21-8-3-18(4-9-21)16-26-14-13-23(19-5-10-22(28-2)11-6-19)20-7-12-24-25(15-20)30-17-29-24/h3-12,15,23,26H,13-14,16-17H2,1-2H3/p+1/t23-/m1/s1. The fourth-order valence-electron chi connectivity index (χ4n) is 3.81. The second-order valence-electron chi connectivity index (χ2n) is 7.36. The van der Waals surface area contributed by atoms with Gasteiger partial charge in [0, 0.05) is 17.9 Å². The Morgan fingerprint density at radius 2 is 1.43 bits per heavy atom. The molecule has 5 nitrogen and oxygen atoms in total. The Morgan fingerprint density at radius 3 is 2.13 bits per heavy atom. The molecule has 156 valence electrons. The van der Waals surface area contributed by atoms with E-state index in [2.05, 4.69) is 41.7 Å². The summed E-state index contributed by atoms with van der Waals surface area (Å²) in [5, 5.41) is 2.35. The summed E-state index contributed by atoms with van der Waals surface area (Å²) in [4.78, 5) is 0. The summed E-state index contributed by atoms with van der Waals surface area (Å²) in [6, 6.07) is 22.9. The van der Waals surface area contributed by atoms with Crippen LogP contribution in [-0.2, 0) is 6.54 Å². The number of ether oxygens (including phenoxy) is 4. The van der Waals surface area contributed by atoms with E-state index in [9.17, 15) is 0 Å². The third-order valence-corrected chi connectivity index (χ3v) is 5.52. The molecule has 0 amide bonds. The van der Waals surface area contributed by atoms with Crippen LogP contribution in [0.4, 0.5) is 0 Å². The van der Waals surface area contributed by atoms with Crippen LogP contribution in [0.15, 0.2) is 66.7 Å². The molecule has 2 N–H and O–H groups in total. The van der Waals surface area contributed by atoms with Crippen molar-refractivity contribution in [1.29, 1.82) is 0 Å². The van der Waals surface area contributed by atoms with Crippen LogP contribution in [0.2, 0.25) is 0 Å². The molecule has 5 heteroatoms. The van der Waals surface area contributed by atoms with Crippen molar-refractivity contribution in [3.63, 3.8) is 0 Å². The van der Waals surface area contributed by atoms with Crippen molar-refractivity contribution in [2.45, 2.75) is 18.9 Å². The van der Waals surface area contributed by atoms with Crippen molar-refractivity contribution in [3.05, 3.63) is 83.4 Å². The highest BCUT2D eigenvalue weighted by Gasteiger charge is 2.20. The molecule has 30 heavy (non-hydrogen) atoms. The number of methoxy groups -OCH3 is 2. The minimum atomic E-state index is 0.275. The highest BCUT2D eigenvalue weighted by molar-refractivity contribution is 5.47. The molecule has 1 heterocycles. The van der Waals surface area contributed by atoms with Gasteiger partial charge in [-0.05, 0) is 59.7 Å². The number of rotatable bonds is 9. The van der Waals surface area contributed by atoms with Gasteiger partial charge in [0.1, 0.15) is 18.0 Å². The monoisotopic (exact) mass is 406 g/mol. The summed E-state index contributed by atoms with van der Waals surface area (Å²) in [6.45, 7) is 2.25. The highest BCUT2D eigenvalue weighted by Crippen LogP contribution is 2.37. The zero-order valence-corrected chi connectivity index (χ0v) is 17.5. The number of hydrogen-bond donors (Lipinski definition) is 1. The number of hydrogen-bond acceptors (Lipinski definition) is 4. The van der Waals surface area contributed by atoms with Gasteiger partial charge in [-0.2, -0.15) is 0 Å². The third-order valence-electron chi connectivity index (χ3n) is 5.52. The van der Waals surface area contributed by atoms with Crippen molar-refractivity contribution >= 4 is 0 Å². The third kappa shape index (κ3) is 4.69. The Hall–Kier alpha value is -3.18. The zero-order valence-electron chi connectivity index (χ0n) is 17.5. The van der Waals surface area contributed by atoms with Crippen LogP contribution < -0.4 is 24.3 Å². The fourth-order valence-corrected chi connectivity index (χ4v) is 3.81. The van der Waals surface area contributed by atoms with Crippen LogP contribution in [-0.4, -0.2) is 27.6 Å². The molecule has 4 rings (SSSR count). The topological polar surface area (TPSA) is 53.5 Å². The zero-order chi connectivity index (χ0) is 20.8. The lowest BCUT2D eigenvalue weighted by Gasteiger charge is -2.18. The Bertz CT molecular complexity index is 954. The lowest BCUT2D eigenvalue weighted by Crippen LogP contribution is -2.82. The molecule has 0 aliphatic carbocycles. The number of benzene rings is 3. The van der Waals surface area contributed by atoms with Crippen LogP contribution in [0.3, 0.4) is 0 Å². The summed E-state index contributed by atoms with van der Waals surface area (Å²) in [7, 11) is 3.38. The number of nitrogens with two attached hydrogens (primary N) is 1. The lowest BCUT2D eigenvalue weighted by molar-refractivity contribution is -0.671. The molecule has 0 bridgehead atoms. The van der Waals surface area contributed by atoms with Gasteiger partial charge in [0.05, 0.1) is 20.8 Å². The van der Waals surface area contributed by atoms with Crippen LogP contribution in [0, 0.1) is 0 Å². The minimum absolute atomic E-state index is 0.275. The molecule has 1 atom stereocenters. The highest BCUT2D eigenvalue weighted by atomic mass is 16.7. The van der Waals surface area contributed by atoms with Gasteiger partial charge in [0.2, 0.25) is 6.79 Å². The van der Waals surface area contributed by atoms with Crippen LogP contribution in [0.25, 0.3) is 0 Å². The van der Waals surface area contributed by atoms with Gasteiger partial charge in [0.15, 0.2) is 11.5 Å². The van der Waals surface area contributed by atoms with Gasteiger partial charge in [-0.25, -0.2) is 0 Å². The second-order valence-corrected chi connectivity index (χ2v) is 7.36. The molecule has 0 fully saturated rings. The molecule has 0 saturated heterocycles. The first-order valence-corrected chi connectivity index (χ1v) is 10.2. The summed E-state index contributed by atoms with van der Waals surface area (Å²) in [6.07, 6.45) is 1.02. The van der Waals surface area contributed by atoms with Crippen molar-refractivity contribution in [2.75, 3.05) is 27.6 Å². The molecule has 0 unspecified atom stereocenters. The van der Waals surface area contributed by atoms with E-state index in [0.717, 1.165) is 42.5 Å². The van der Waals surface area contributed by atoms with Gasteiger partial charge in [-0.1, -0.05) is 18.2 Å². The minimum Gasteiger partial charge on any atom is -0.497 e. The van der Waals surface area contributed by atoms with Crippen molar-refractivity contribution in [2.24, 2.45) is 0 Å². The number of quaternary nitrogens is 1. The van der Waals surface area contributed by atoms with Crippen LogP contribution >= 0.6 is 0 Å². The Labute approximate surface area is 177 Å². The maximum atomic E-state index is 5.60. The second kappa shape index (κ2) is 9.55. The molecule has 0 radical (unpaired) electrons. The summed E-state index contributed by atoms with van der Waals surface area (Å²) >= 11 is 0. The van der Waals surface area contributed by atoms with Crippen LogP contribution in [0.1, 0.15) is 29.0 Å². The SMILES string of the molecule is COc1ccc(C[NH2+]CC[C@H](c2ccc(OC)cc2)c2ccc3c(c2)OCO3)cc1. The van der Waals surface area contributed by atoms with E-state index >= 15 is 0 Å². The van der Waals surface area contributed by atoms with Crippen LogP contribution in [0.5, 0.6) is 23.0 Å². The largest absolute Gasteiger partial charge is 0.497 e. The maximum Gasteiger partial charge on any atom is 0.231 e. The molecule has 3 aromatic carbocycles. The van der Waals surface area contributed by atoms with E-state index in [1.807, 2.05) is 30.3 Å². The Balaban J connectivity index is 1.45. The first-order valence-electron chi connectivity index (χ1n) is 10.2. The molecule has 1 aliphatic heterocycles. The molecule has 3 aromatic rings. The van der Waals surface area contributed by atoms with Crippen molar-refractivity contribution in [3.8, 4) is 23.0 Å². The molecule has 0 saturated carbocycles. The average molecular weight is 407 g/mol. The first kappa shape index (κ1) is 20.1. The average Bonchev–Trinajstić information content (AvgIpc) is 3.27. The number of fused-ring (bicyclic) bond motifs is 1. The summed E-state index contributed by atoms with van der Waals surface area (Å²) in [5.74, 6) is 3.68. The van der Waals surface area contributed by atoms with Gasteiger partial charge in [0.25, 0.3) is 0 Å². The first-order chi connectivity index (χ1) is 14.8. The van der Waals surface area contributed by atoms with E-state index in [1.54, 1.807) is 14.2 Å². The van der Waals surface area contributed by atoms with E-state index < -0.39 is 0 Å². The van der Waals surface area contributed by atoms with Gasteiger partial charge < -0.3 is 24.3 Å². The smallest absolute Gasteiger partial charge is 0.231 e. The van der Waals surface area contributed by atoms with E-state index in [0.29, 0.717) is 6.79 Å². The molecule has 0 spiro atoms. The Morgan fingerprint density at radius 1 is 0.800 bits per heavy atom.